The molecule has 7 nitrogen and oxygen atoms in total. The molecule has 8 heteroatoms. The molecule has 0 fully saturated rings. The van der Waals surface area contributed by atoms with Crippen LogP contribution < -0.4 is 0 Å². The first-order valence-electron chi connectivity index (χ1n) is 5.71. The van der Waals surface area contributed by atoms with Crippen LogP contribution in [0.4, 0.5) is 5.69 Å². The number of hydrogen-bond acceptors (Lipinski definition) is 4. The number of carbonyl (C=O) groups is 1. The predicted octanol–water partition coefficient (Wildman–Crippen LogP) is 2.69. The highest BCUT2D eigenvalue weighted by atomic mass is 35.5. The van der Waals surface area contributed by atoms with Gasteiger partial charge in [-0.05, 0) is 12.5 Å². The highest BCUT2D eigenvalue weighted by Crippen LogP contribution is 2.26. The van der Waals surface area contributed by atoms with Crippen LogP contribution in [0.1, 0.15) is 23.0 Å². The second-order valence-electron chi connectivity index (χ2n) is 3.96. The molecule has 0 saturated carbocycles. The number of nitro benzene ring substituents is 1. The molecule has 0 aliphatic heterocycles. The molecule has 0 radical (unpaired) electrons. The number of carboxylic acid groups (broad SMARTS) is 1. The van der Waals surface area contributed by atoms with Gasteiger partial charge in [0, 0.05) is 12.1 Å². The number of halogens is 1. The number of rotatable bonds is 4. The Kier molecular flexibility index (Phi) is 3.71. The molecule has 0 saturated heterocycles. The van der Waals surface area contributed by atoms with Crippen molar-refractivity contribution < 1.29 is 14.8 Å². The fourth-order valence-electron chi connectivity index (χ4n) is 1.81. The van der Waals surface area contributed by atoms with Gasteiger partial charge in [-0.15, -0.1) is 0 Å². The molecule has 0 atom stereocenters. The van der Waals surface area contributed by atoms with E-state index in [1.54, 1.807) is 13.0 Å². The number of aromatic carboxylic acids is 1. The molecule has 0 spiro atoms. The number of aryl methyl sites for hydroxylation is 1. The van der Waals surface area contributed by atoms with Crippen LogP contribution >= 0.6 is 11.6 Å². The van der Waals surface area contributed by atoms with E-state index < -0.39 is 10.9 Å². The van der Waals surface area contributed by atoms with Crippen molar-refractivity contribution >= 4 is 23.3 Å². The largest absolute Gasteiger partial charge is 0.478 e. The smallest absolute Gasteiger partial charge is 0.340 e. The maximum Gasteiger partial charge on any atom is 0.340 e. The number of carboxylic acids is 1. The Morgan fingerprint density at radius 1 is 1.55 bits per heavy atom. The third-order valence-corrected chi connectivity index (χ3v) is 3.08. The first-order valence-corrected chi connectivity index (χ1v) is 6.09. The molecule has 20 heavy (non-hydrogen) atoms. The molecular weight excluding hydrogens is 286 g/mol. The molecule has 2 aromatic rings. The van der Waals surface area contributed by atoms with Crippen molar-refractivity contribution in [3.05, 3.63) is 50.8 Å². The standard InChI is InChI=1S/C12H10ClN3O4/c1-2-9-10(12(17)18)11(13)15(14-9)7-4-3-5-8(6-7)16(19)20/h3-6H,2H2,1H3,(H,17,18). The molecule has 1 aromatic carbocycles. The van der Waals surface area contributed by atoms with E-state index in [0.717, 1.165) is 0 Å². The lowest BCUT2D eigenvalue weighted by Crippen LogP contribution is -2.00. The van der Waals surface area contributed by atoms with Gasteiger partial charge in [0.05, 0.1) is 16.3 Å². The Hall–Kier alpha value is -2.41. The third kappa shape index (κ3) is 2.35. The van der Waals surface area contributed by atoms with E-state index >= 15 is 0 Å². The molecule has 0 bridgehead atoms. The molecule has 104 valence electrons. The molecule has 0 aliphatic rings. The second kappa shape index (κ2) is 5.30. The molecular formula is C12H10ClN3O4. The minimum Gasteiger partial charge on any atom is -0.478 e. The number of aromatic nitrogens is 2. The van der Waals surface area contributed by atoms with E-state index in [1.165, 1.54) is 22.9 Å². The monoisotopic (exact) mass is 295 g/mol. The molecule has 0 aliphatic carbocycles. The van der Waals surface area contributed by atoms with Crippen molar-refractivity contribution in [1.82, 2.24) is 9.78 Å². The van der Waals surface area contributed by atoms with Crippen LogP contribution in [0.25, 0.3) is 5.69 Å². The van der Waals surface area contributed by atoms with E-state index in [-0.39, 0.29) is 16.4 Å². The van der Waals surface area contributed by atoms with Gasteiger partial charge in [-0.2, -0.15) is 5.10 Å². The van der Waals surface area contributed by atoms with Crippen LogP contribution in [0.2, 0.25) is 5.15 Å². The number of non-ortho nitro benzene ring substituents is 1. The van der Waals surface area contributed by atoms with Gasteiger partial charge in [0.15, 0.2) is 0 Å². The van der Waals surface area contributed by atoms with Gasteiger partial charge in [0.1, 0.15) is 10.7 Å². The summed E-state index contributed by atoms with van der Waals surface area (Å²) in [5, 5.41) is 23.9. The zero-order valence-corrected chi connectivity index (χ0v) is 11.2. The fraction of sp³-hybridized carbons (Fsp3) is 0.167. The van der Waals surface area contributed by atoms with Gasteiger partial charge < -0.3 is 5.11 Å². The minimum atomic E-state index is -1.18. The highest BCUT2D eigenvalue weighted by molar-refractivity contribution is 6.33. The van der Waals surface area contributed by atoms with Crippen molar-refractivity contribution in [3.63, 3.8) is 0 Å². The Balaban J connectivity index is 2.61. The molecule has 1 N–H and O–H groups in total. The van der Waals surface area contributed by atoms with Crippen LogP contribution in [0, 0.1) is 10.1 Å². The summed E-state index contributed by atoms with van der Waals surface area (Å²) >= 11 is 6.02. The lowest BCUT2D eigenvalue weighted by molar-refractivity contribution is -0.384. The van der Waals surface area contributed by atoms with Crippen molar-refractivity contribution in [3.8, 4) is 5.69 Å². The Labute approximate surface area is 118 Å². The molecule has 0 unspecified atom stereocenters. The van der Waals surface area contributed by atoms with Crippen LogP contribution in [0.15, 0.2) is 24.3 Å². The third-order valence-electron chi connectivity index (χ3n) is 2.74. The molecule has 1 heterocycles. The van der Waals surface area contributed by atoms with E-state index in [9.17, 15) is 14.9 Å². The van der Waals surface area contributed by atoms with Crippen molar-refractivity contribution in [2.75, 3.05) is 0 Å². The van der Waals surface area contributed by atoms with Crippen LogP contribution in [-0.2, 0) is 6.42 Å². The molecule has 0 amide bonds. The minimum absolute atomic E-state index is 0.0742. The van der Waals surface area contributed by atoms with Gasteiger partial charge >= 0.3 is 5.97 Å². The van der Waals surface area contributed by atoms with Gasteiger partial charge in [-0.1, -0.05) is 24.6 Å². The summed E-state index contributed by atoms with van der Waals surface area (Å²) in [6, 6.07) is 5.66. The summed E-state index contributed by atoms with van der Waals surface area (Å²) in [7, 11) is 0. The van der Waals surface area contributed by atoms with E-state index in [4.69, 9.17) is 16.7 Å². The normalized spacial score (nSPS) is 10.5. The van der Waals surface area contributed by atoms with Crippen molar-refractivity contribution in [1.29, 1.82) is 0 Å². The highest BCUT2D eigenvalue weighted by Gasteiger charge is 2.22. The lowest BCUT2D eigenvalue weighted by Gasteiger charge is -2.02. The summed E-state index contributed by atoms with van der Waals surface area (Å²) in [6.07, 6.45) is 0.392. The maximum atomic E-state index is 11.2. The average Bonchev–Trinajstić information content (AvgIpc) is 2.75. The zero-order valence-electron chi connectivity index (χ0n) is 10.4. The SMILES string of the molecule is CCc1nn(-c2cccc([N+](=O)[O-])c2)c(Cl)c1C(=O)O. The van der Waals surface area contributed by atoms with Crippen LogP contribution in [0.3, 0.4) is 0 Å². The summed E-state index contributed by atoms with van der Waals surface area (Å²) in [5.41, 5.74) is 0.463. The number of nitrogens with zero attached hydrogens (tertiary/aromatic N) is 3. The number of benzene rings is 1. The summed E-state index contributed by atoms with van der Waals surface area (Å²) in [4.78, 5) is 21.4. The lowest BCUT2D eigenvalue weighted by atomic mass is 10.2. The second-order valence-corrected chi connectivity index (χ2v) is 4.32. The van der Waals surface area contributed by atoms with Crippen molar-refractivity contribution in [2.45, 2.75) is 13.3 Å². The van der Waals surface area contributed by atoms with E-state index in [0.29, 0.717) is 17.8 Å². The fourth-order valence-corrected chi connectivity index (χ4v) is 2.13. The van der Waals surface area contributed by atoms with Gasteiger partial charge in [0.25, 0.3) is 5.69 Å². The topological polar surface area (TPSA) is 98.3 Å². The zero-order chi connectivity index (χ0) is 14.9. The van der Waals surface area contributed by atoms with Crippen molar-refractivity contribution in [2.24, 2.45) is 0 Å². The Morgan fingerprint density at radius 2 is 2.25 bits per heavy atom. The number of nitro groups is 1. The number of hydrogen-bond donors (Lipinski definition) is 1. The predicted molar refractivity (Wildman–Crippen MR) is 71.6 cm³/mol. The van der Waals surface area contributed by atoms with E-state index in [2.05, 4.69) is 5.10 Å². The average molecular weight is 296 g/mol. The van der Waals surface area contributed by atoms with Gasteiger partial charge in [-0.3, -0.25) is 10.1 Å². The summed E-state index contributed by atoms with van der Waals surface area (Å²) in [6.45, 7) is 1.75. The van der Waals surface area contributed by atoms with Gasteiger partial charge in [0.2, 0.25) is 0 Å². The maximum absolute atomic E-state index is 11.2. The molecule has 1 aromatic heterocycles. The first kappa shape index (κ1) is 14.0. The first-order chi connectivity index (χ1) is 9.45. The van der Waals surface area contributed by atoms with Gasteiger partial charge in [-0.25, -0.2) is 9.48 Å². The summed E-state index contributed by atoms with van der Waals surface area (Å²) in [5.74, 6) is -1.18. The Morgan fingerprint density at radius 3 is 2.75 bits per heavy atom. The quantitative estimate of drug-likeness (QED) is 0.690. The van der Waals surface area contributed by atoms with Crippen LogP contribution in [0.5, 0.6) is 0 Å². The Bertz CT molecular complexity index is 696. The summed E-state index contributed by atoms with van der Waals surface area (Å²) < 4.78 is 1.19. The molecule has 2 rings (SSSR count). The van der Waals surface area contributed by atoms with Crippen LogP contribution in [-0.4, -0.2) is 25.8 Å². The van der Waals surface area contributed by atoms with E-state index in [1.807, 2.05) is 0 Å².